The molecule has 3 fully saturated rings. The molecule has 0 aromatic heterocycles. The van der Waals surface area contributed by atoms with Crippen LogP contribution >= 0.6 is 0 Å². The Balaban J connectivity index is 1.44. The number of nitrogens with zero attached hydrogens (tertiary/aromatic N) is 1. The molecular weight excluding hydrogens is 302 g/mol. The van der Waals surface area contributed by atoms with Crippen molar-refractivity contribution in [2.45, 2.75) is 69.3 Å². The minimum Gasteiger partial charge on any atom is -0.389 e. The zero-order valence-electron chi connectivity index (χ0n) is 13.7. The van der Waals surface area contributed by atoms with Crippen LogP contribution in [0.2, 0.25) is 0 Å². The average Bonchev–Trinajstić information content (AvgIpc) is 2.52. The van der Waals surface area contributed by atoms with Gasteiger partial charge in [-0.25, -0.2) is 13.6 Å². The standard InChI is InChI=1S/C17H28F2N2O2/c18-17(19)7-4-13(5-8-17)11-20-15(22)21-10-9-16(23)6-2-1-3-14(16)12-21/h13-14,23H,1-12H2,(H,20,22)/t14-,16+/m0/s1. The smallest absolute Gasteiger partial charge is 0.317 e. The first-order chi connectivity index (χ1) is 10.9. The van der Waals surface area contributed by atoms with E-state index in [9.17, 15) is 18.7 Å². The van der Waals surface area contributed by atoms with Gasteiger partial charge in [0, 0.05) is 38.4 Å². The van der Waals surface area contributed by atoms with Gasteiger partial charge in [-0.2, -0.15) is 0 Å². The molecule has 0 aromatic carbocycles. The van der Waals surface area contributed by atoms with Crippen molar-refractivity contribution in [1.29, 1.82) is 0 Å². The van der Waals surface area contributed by atoms with Crippen LogP contribution in [0.1, 0.15) is 57.8 Å². The predicted octanol–water partition coefficient (Wildman–Crippen LogP) is 3.15. The van der Waals surface area contributed by atoms with Crippen LogP contribution in [0.4, 0.5) is 13.6 Å². The molecule has 3 rings (SSSR count). The topological polar surface area (TPSA) is 52.6 Å². The summed E-state index contributed by atoms with van der Waals surface area (Å²) < 4.78 is 26.3. The Labute approximate surface area is 136 Å². The predicted molar refractivity (Wildman–Crippen MR) is 83.4 cm³/mol. The molecule has 0 radical (unpaired) electrons. The van der Waals surface area contributed by atoms with Crippen LogP contribution in [0.25, 0.3) is 0 Å². The number of amides is 2. The summed E-state index contributed by atoms with van der Waals surface area (Å²) in [5.41, 5.74) is -0.579. The van der Waals surface area contributed by atoms with E-state index in [1.807, 2.05) is 0 Å². The first-order valence-corrected chi connectivity index (χ1v) is 9.01. The first kappa shape index (κ1) is 16.9. The van der Waals surface area contributed by atoms with Crippen LogP contribution in [0.3, 0.4) is 0 Å². The van der Waals surface area contributed by atoms with Gasteiger partial charge >= 0.3 is 6.03 Å². The lowest BCUT2D eigenvalue weighted by Gasteiger charge is -2.47. The van der Waals surface area contributed by atoms with Gasteiger partial charge in [-0.3, -0.25) is 0 Å². The van der Waals surface area contributed by atoms with Crippen molar-refractivity contribution >= 4 is 6.03 Å². The van der Waals surface area contributed by atoms with E-state index < -0.39 is 11.5 Å². The highest BCUT2D eigenvalue weighted by Crippen LogP contribution is 2.40. The minimum atomic E-state index is -2.52. The maximum Gasteiger partial charge on any atom is 0.317 e. The van der Waals surface area contributed by atoms with E-state index >= 15 is 0 Å². The summed E-state index contributed by atoms with van der Waals surface area (Å²) >= 11 is 0. The van der Waals surface area contributed by atoms with Crippen molar-refractivity contribution in [3.8, 4) is 0 Å². The van der Waals surface area contributed by atoms with E-state index in [0.29, 0.717) is 38.9 Å². The normalized spacial score (nSPS) is 34.7. The Hall–Kier alpha value is -0.910. The second-order valence-electron chi connectivity index (χ2n) is 7.73. The molecule has 1 saturated heterocycles. The van der Waals surface area contributed by atoms with Crippen LogP contribution in [-0.4, -0.2) is 47.2 Å². The Kier molecular flexibility index (Phi) is 4.81. The summed E-state index contributed by atoms with van der Waals surface area (Å²) in [6.45, 7) is 1.69. The molecule has 0 bridgehead atoms. The van der Waals surface area contributed by atoms with Crippen molar-refractivity contribution in [3.63, 3.8) is 0 Å². The Bertz CT molecular complexity index is 436. The number of likely N-dealkylation sites (tertiary alicyclic amines) is 1. The van der Waals surface area contributed by atoms with Gasteiger partial charge in [-0.1, -0.05) is 12.8 Å². The zero-order valence-corrected chi connectivity index (χ0v) is 13.7. The van der Waals surface area contributed by atoms with Crippen molar-refractivity contribution in [3.05, 3.63) is 0 Å². The summed E-state index contributed by atoms with van der Waals surface area (Å²) in [5.74, 6) is -2.17. The third-order valence-electron chi connectivity index (χ3n) is 6.09. The van der Waals surface area contributed by atoms with Gasteiger partial charge in [-0.15, -0.1) is 0 Å². The van der Waals surface area contributed by atoms with Gasteiger partial charge in [0.2, 0.25) is 5.92 Å². The Morgan fingerprint density at radius 3 is 2.61 bits per heavy atom. The number of carbonyl (C=O) groups excluding carboxylic acids is 1. The van der Waals surface area contributed by atoms with Crippen LogP contribution in [0.15, 0.2) is 0 Å². The molecule has 1 heterocycles. The zero-order chi connectivity index (χ0) is 16.5. The van der Waals surface area contributed by atoms with Gasteiger partial charge in [0.25, 0.3) is 0 Å². The molecule has 23 heavy (non-hydrogen) atoms. The van der Waals surface area contributed by atoms with E-state index in [4.69, 9.17) is 0 Å². The summed E-state index contributed by atoms with van der Waals surface area (Å²) in [4.78, 5) is 14.1. The summed E-state index contributed by atoms with van der Waals surface area (Å²) in [6.07, 6.45) is 5.52. The average molecular weight is 330 g/mol. The van der Waals surface area contributed by atoms with E-state index in [0.717, 1.165) is 25.7 Å². The lowest BCUT2D eigenvalue weighted by molar-refractivity contribution is -0.0871. The number of halogens is 2. The van der Waals surface area contributed by atoms with Gasteiger partial charge in [0.15, 0.2) is 0 Å². The molecule has 0 spiro atoms. The molecule has 6 heteroatoms. The molecule has 132 valence electrons. The number of urea groups is 1. The second kappa shape index (κ2) is 6.54. The van der Waals surface area contributed by atoms with Crippen molar-refractivity contribution in [2.75, 3.05) is 19.6 Å². The van der Waals surface area contributed by atoms with Crippen LogP contribution < -0.4 is 5.32 Å². The third-order valence-corrected chi connectivity index (χ3v) is 6.09. The Morgan fingerprint density at radius 2 is 1.87 bits per heavy atom. The van der Waals surface area contributed by atoms with Crippen molar-refractivity contribution in [1.82, 2.24) is 10.2 Å². The molecule has 3 aliphatic rings. The number of alkyl halides is 2. The van der Waals surface area contributed by atoms with E-state index in [1.54, 1.807) is 4.90 Å². The fourth-order valence-corrected chi connectivity index (χ4v) is 4.40. The lowest BCUT2D eigenvalue weighted by Crippen LogP contribution is -2.56. The number of rotatable bonds is 2. The van der Waals surface area contributed by atoms with Crippen LogP contribution in [0, 0.1) is 11.8 Å². The van der Waals surface area contributed by atoms with E-state index in [1.165, 1.54) is 0 Å². The fourth-order valence-electron chi connectivity index (χ4n) is 4.40. The highest BCUT2D eigenvalue weighted by atomic mass is 19.3. The molecular formula is C17H28F2N2O2. The summed E-state index contributed by atoms with van der Waals surface area (Å²) in [7, 11) is 0. The SMILES string of the molecule is O=C(NCC1CCC(F)(F)CC1)N1CC[C@]2(O)CCCC[C@H]2C1. The minimum absolute atomic E-state index is 0.0631. The van der Waals surface area contributed by atoms with Gasteiger partial charge < -0.3 is 15.3 Å². The second-order valence-corrected chi connectivity index (χ2v) is 7.73. The largest absolute Gasteiger partial charge is 0.389 e. The van der Waals surface area contributed by atoms with Crippen LogP contribution in [0.5, 0.6) is 0 Å². The highest BCUT2D eigenvalue weighted by Gasteiger charge is 2.43. The highest BCUT2D eigenvalue weighted by molar-refractivity contribution is 5.74. The van der Waals surface area contributed by atoms with Crippen LogP contribution in [-0.2, 0) is 0 Å². The van der Waals surface area contributed by atoms with Gasteiger partial charge in [-0.05, 0) is 38.0 Å². The number of hydrogen-bond acceptors (Lipinski definition) is 2. The molecule has 1 aliphatic heterocycles. The van der Waals surface area contributed by atoms with Gasteiger partial charge in [0.05, 0.1) is 5.60 Å². The molecule has 2 N–H and O–H groups in total. The molecule has 0 unspecified atom stereocenters. The number of nitrogens with one attached hydrogen (secondary N) is 1. The maximum atomic E-state index is 13.1. The number of hydrogen-bond donors (Lipinski definition) is 2. The number of carbonyl (C=O) groups is 1. The quantitative estimate of drug-likeness (QED) is 0.817. The molecule has 2 amide bonds. The number of aliphatic hydroxyl groups is 1. The lowest BCUT2D eigenvalue weighted by atomic mass is 9.71. The fraction of sp³-hybridized carbons (Fsp3) is 0.941. The maximum absolute atomic E-state index is 13.1. The molecule has 4 nitrogen and oxygen atoms in total. The Morgan fingerprint density at radius 1 is 1.13 bits per heavy atom. The molecule has 2 saturated carbocycles. The summed E-state index contributed by atoms with van der Waals surface area (Å²) in [6, 6.07) is -0.102. The molecule has 0 aromatic rings. The molecule has 2 aliphatic carbocycles. The van der Waals surface area contributed by atoms with Crippen molar-refractivity contribution in [2.24, 2.45) is 11.8 Å². The van der Waals surface area contributed by atoms with E-state index in [2.05, 4.69) is 5.32 Å². The van der Waals surface area contributed by atoms with Gasteiger partial charge in [0.1, 0.15) is 0 Å². The number of fused-ring (bicyclic) bond motifs is 1. The van der Waals surface area contributed by atoms with Crippen molar-refractivity contribution < 1.29 is 18.7 Å². The third kappa shape index (κ3) is 3.95. The molecule has 2 atom stereocenters. The summed E-state index contributed by atoms with van der Waals surface area (Å²) in [5, 5.41) is 13.6. The first-order valence-electron chi connectivity index (χ1n) is 9.01. The number of piperidine rings is 1. The monoisotopic (exact) mass is 330 g/mol. The van der Waals surface area contributed by atoms with E-state index in [-0.39, 0.29) is 30.7 Å².